The van der Waals surface area contributed by atoms with Crippen LogP contribution in [-0.2, 0) is 4.74 Å². The van der Waals surface area contributed by atoms with Gasteiger partial charge in [-0.3, -0.25) is 4.98 Å². The number of benzene rings is 1. The number of nitrogens with one attached hydrogen (secondary N) is 1. The van der Waals surface area contributed by atoms with Crippen LogP contribution in [0.2, 0.25) is 0 Å². The first kappa shape index (κ1) is 12.1. The highest BCUT2D eigenvalue weighted by molar-refractivity contribution is 5.94. The lowest BCUT2D eigenvalue weighted by molar-refractivity contribution is 0.0600. The van der Waals surface area contributed by atoms with Crippen molar-refractivity contribution in [2.75, 3.05) is 19.0 Å². The lowest BCUT2D eigenvalue weighted by Gasteiger charge is -2.05. The van der Waals surface area contributed by atoms with Gasteiger partial charge in [0, 0.05) is 23.8 Å². The predicted molar refractivity (Wildman–Crippen MR) is 71.8 cm³/mol. The van der Waals surface area contributed by atoms with E-state index in [1.807, 2.05) is 18.2 Å². The molecule has 1 heterocycles. The largest absolute Gasteiger partial charge is 0.465 e. The van der Waals surface area contributed by atoms with Gasteiger partial charge in [-0.25, -0.2) is 4.79 Å². The monoisotopic (exact) mass is 242 g/mol. The molecule has 92 valence electrons. The molecular weight excluding hydrogens is 228 g/mol. The number of nitrogens with zero attached hydrogens (tertiary/aromatic N) is 1. The molecule has 0 saturated carbocycles. The zero-order valence-electron chi connectivity index (χ0n) is 10.1. The summed E-state index contributed by atoms with van der Waals surface area (Å²) in [5.41, 5.74) is 2.26. The summed E-state index contributed by atoms with van der Waals surface area (Å²) in [4.78, 5) is 15.6. The first-order chi connectivity index (χ1) is 8.74. The van der Waals surface area contributed by atoms with Gasteiger partial charge in [-0.05, 0) is 18.2 Å². The van der Waals surface area contributed by atoms with E-state index in [4.69, 9.17) is 0 Å². The van der Waals surface area contributed by atoms with Gasteiger partial charge in [0.05, 0.1) is 18.2 Å². The summed E-state index contributed by atoms with van der Waals surface area (Å²) < 4.78 is 4.66. The molecule has 0 saturated heterocycles. The van der Waals surface area contributed by atoms with Gasteiger partial charge in [0.2, 0.25) is 0 Å². The number of anilines is 1. The molecule has 0 bridgehead atoms. The first-order valence-electron chi connectivity index (χ1n) is 5.57. The van der Waals surface area contributed by atoms with E-state index in [0.29, 0.717) is 12.1 Å². The lowest BCUT2D eigenvalue weighted by Crippen LogP contribution is -2.02. The van der Waals surface area contributed by atoms with E-state index < -0.39 is 0 Å². The molecule has 0 fully saturated rings. The first-order valence-corrected chi connectivity index (χ1v) is 5.57. The summed E-state index contributed by atoms with van der Waals surface area (Å²) in [6.45, 7) is 4.35. The van der Waals surface area contributed by atoms with Crippen LogP contribution in [0.4, 0.5) is 5.69 Å². The number of rotatable bonds is 4. The van der Waals surface area contributed by atoms with Crippen LogP contribution < -0.4 is 5.32 Å². The van der Waals surface area contributed by atoms with E-state index in [-0.39, 0.29) is 5.97 Å². The Morgan fingerprint density at radius 1 is 1.50 bits per heavy atom. The Bertz CT molecular complexity index is 593. The molecule has 0 amide bonds. The summed E-state index contributed by atoms with van der Waals surface area (Å²) in [5.74, 6) is -0.377. The molecule has 2 aromatic rings. The quantitative estimate of drug-likeness (QED) is 0.661. The Labute approximate surface area is 105 Å². The summed E-state index contributed by atoms with van der Waals surface area (Å²) in [7, 11) is 1.36. The summed E-state index contributed by atoms with van der Waals surface area (Å²) in [5, 5.41) is 4.09. The molecule has 0 unspecified atom stereocenters. The zero-order valence-corrected chi connectivity index (χ0v) is 10.1. The van der Waals surface area contributed by atoms with Gasteiger partial charge < -0.3 is 10.1 Å². The molecule has 1 N–H and O–H groups in total. The number of ether oxygens (including phenoxy) is 1. The zero-order chi connectivity index (χ0) is 13.0. The highest BCUT2D eigenvalue weighted by Gasteiger charge is 2.06. The van der Waals surface area contributed by atoms with Crippen molar-refractivity contribution in [3.05, 3.63) is 48.7 Å². The van der Waals surface area contributed by atoms with Crippen molar-refractivity contribution >= 4 is 22.6 Å². The molecule has 2 rings (SSSR count). The minimum absolute atomic E-state index is 0.377. The number of pyridine rings is 1. The number of fused-ring (bicyclic) bond motifs is 1. The number of hydrogen-bond donors (Lipinski definition) is 1. The Kier molecular flexibility index (Phi) is 3.57. The van der Waals surface area contributed by atoms with Gasteiger partial charge in [-0.15, -0.1) is 6.58 Å². The van der Waals surface area contributed by atoms with E-state index in [0.717, 1.165) is 16.6 Å². The van der Waals surface area contributed by atoms with Crippen molar-refractivity contribution in [2.24, 2.45) is 0 Å². The Hall–Kier alpha value is -2.36. The normalized spacial score (nSPS) is 10.1. The molecule has 0 atom stereocenters. The smallest absolute Gasteiger partial charge is 0.339 e. The highest BCUT2D eigenvalue weighted by atomic mass is 16.5. The van der Waals surface area contributed by atoms with Crippen molar-refractivity contribution in [1.82, 2.24) is 4.98 Å². The second-order valence-electron chi connectivity index (χ2n) is 3.79. The topological polar surface area (TPSA) is 51.2 Å². The molecule has 0 aliphatic rings. The number of methoxy groups -OCH3 is 1. The van der Waals surface area contributed by atoms with Gasteiger partial charge in [0.25, 0.3) is 0 Å². The van der Waals surface area contributed by atoms with Crippen molar-refractivity contribution in [1.29, 1.82) is 0 Å². The molecule has 0 aliphatic heterocycles. The summed E-state index contributed by atoms with van der Waals surface area (Å²) >= 11 is 0. The van der Waals surface area contributed by atoms with E-state index in [9.17, 15) is 4.79 Å². The SMILES string of the molecule is C=CCNc1ccc2cc(C(=O)OC)cnc2c1. The summed E-state index contributed by atoms with van der Waals surface area (Å²) in [6, 6.07) is 7.56. The van der Waals surface area contributed by atoms with Gasteiger partial charge in [-0.1, -0.05) is 12.1 Å². The van der Waals surface area contributed by atoms with Gasteiger partial charge in [0.1, 0.15) is 0 Å². The third kappa shape index (κ3) is 2.48. The van der Waals surface area contributed by atoms with Crippen molar-refractivity contribution < 1.29 is 9.53 Å². The molecule has 1 aromatic carbocycles. The van der Waals surface area contributed by atoms with E-state index >= 15 is 0 Å². The van der Waals surface area contributed by atoms with Gasteiger partial charge >= 0.3 is 5.97 Å². The minimum atomic E-state index is -0.377. The van der Waals surface area contributed by atoms with Crippen molar-refractivity contribution in [3.8, 4) is 0 Å². The van der Waals surface area contributed by atoms with Crippen LogP contribution in [0.15, 0.2) is 43.1 Å². The third-order valence-corrected chi connectivity index (χ3v) is 2.56. The summed E-state index contributed by atoms with van der Waals surface area (Å²) in [6.07, 6.45) is 3.31. The van der Waals surface area contributed by atoms with E-state index in [1.165, 1.54) is 13.3 Å². The van der Waals surface area contributed by atoms with Crippen LogP contribution in [0.5, 0.6) is 0 Å². The molecule has 1 aromatic heterocycles. The maximum absolute atomic E-state index is 11.4. The minimum Gasteiger partial charge on any atom is -0.465 e. The van der Waals surface area contributed by atoms with Crippen LogP contribution >= 0.6 is 0 Å². The predicted octanol–water partition coefficient (Wildman–Crippen LogP) is 2.62. The number of carbonyl (C=O) groups is 1. The molecular formula is C14H14N2O2. The average Bonchev–Trinajstić information content (AvgIpc) is 2.43. The molecule has 4 heteroatoms. The second-order valence-corrected chi connectivity index (χ2v) is 3.79. The van der Waals surface area contributed by atoms with Crippen molar-refractivity contribution in [3.63, 3.8) is 0 Å². The molecule has 0 aliphatic carbocycles. The second kappa shape index (κ2) is 5.31. The fourth-order valence-electron chi connectivity index (χ4n) is 1.65. The van der Waals surface area contributed by atoms with Crippen molar-refractivity contribution in [2.45, 2.75) is 0 Å². The standard InChI is InChI=1S/C14H14N2O2/c1-3-6-15-12-5-4-10-7-11(14(17)18-2)9-16-13(10)8-12/h3-5,7-9,15H,1,6H2,2H3. The fraction of sp³-hybridized carbons (Fsp3) is 0.143. The van der Waals surface area contributed by atoms with Gasteiger partial charge in [0.15, 0.2) is 0 Å². The Morgan fingerprint density at radius 3 is 3.06 bits per heavy atom. The van der Waals surface area contributed by atoms with Gasteiger partial charge in [-0.2, -0.15) is 0 Å². The Morgan fingerprint density at radius 2 is 2.33 bits per heavy atom. The van der Waals surface area contributed by atoms with E-state index in [1.54, 1.807) is 12.1 Å². The average molecular weight is 242 g/mol. The fourth-order valence-corrected chi connectivity index (χ4v) is 1.65. The number of carbonyl (C=O) groups excluding carboxylic acids is 1. The molecule has 18 heavy (non-hydrogen) atoms. The lowest BCUT2D eigenvalue weighted by atomic mass is 10.1. The number of aromatic nitrogens is 1. The van der Waals surface area contributed by atoms with Crippen LogP contribution in [0.1, 0.15) is 10.4 Å². The third-order valence-electron chi connectivity index (χ3n) is 2.56. The maximum atomic E-state index is 11.4. The molecule has 0 radical (unpaired) electrons. The number of hydrogen-bond acceptors (Lipinski definition) is 4. The maximum Gasteiger partial charge on any atom is 0.339 e. The Balaban J connectivity index is 2.35. The number of esters is 1. The van der Waals surface area contributed by atoms with E-state index in [2.05, 4.69) is 21.6 Å². The molecule has 0 spiro atoms. The van der Waals surface area contributed by atoms with Crippen LogP contribution in [0.25, 0.3) is 10.9 Å². The van der Waals surface area contributed by atoms with Crippen LogP contribution in [0, 0.1) is 0 Å². The van der Waals surface area contributed by atoms with Crippen LogP contribution in [0.3, 0.4) is 0 Å². The van der Waals surface area contributed by atoms with Crippen LogP contribution in [-0.4, -0.2) is 24.6 Å². The highest BCUT2D eigenvalue weighted by Crippen LogP contribution is 2.18. The molecule has 4 nitrogen and oxygen atoms in total.